The molecular weight excluding hydrogens is 250 g/mol. The Balaban J connectivity index is 2.84. The number of alkyl halides is 1. The van der Waals surface area contributed by atoms with Crippen LogP contribution in [-0.2, 0) is 5.33 Å². The van der Waals surface area contributed by atoms with Gasteiger partial charge in [-0.1, -0.05) is 34.1 Å². The van der Waals surface area contributed by atoms with Crippen molar-refractivity contribution in [2.75, 3.05) is 6.54 Å². The van der Waals surface area contributed by atoms with E-state index in [2.05, 4.69) is 15.9 Å². The summed E-state index contributed by atoms with van der Waals surface area (Å²) < 4.78 is 0. The van der Waals surface area contributed by atoms with E-state index in [0.29, 0.717) is 10.9 Å². The summed E-state index contributed by atoms with van der Waals surface area (Å²) in [6.45, 7) is -0.647. The molecule has 0 aromatic heterocycles. The zero-order valence-electron chi connectivity index (χ0n) is 7.27. The van der Waals surface area contributed by atoms with Crippen molar-refractivity contribution < 1.29 is 9.72 Å². The summed E-state index contributed by atoms with van der Waals surface area (Å²) in [6.07, 6.45) is 0. The lowest BCUT2D eigenvalue weighted by atomic mass is 10.1. The standard InChI is InChI=1S/C9H8BrNO3/c10-5-7-2-1-3-8(4-7)9(12)6-11(13)14/h1-4H,5-6H2. The Morgan fingerprint density at radius 3 is 2.79 bits per heavy atom. The minimum atomic E-state index is -0.647. The van der Waals surface area contributed by atoms with Crippen LogP contribution in [0.2, 0.25) is 0 Å². The van der Waals surface area contributed by atoms with Crippen molar-refractivity contribution in [2.45, 2.75) is 5.33 Å². The normalized spacial score (nSPS) is 9.79. The number of ketones is 1. The Morgan fingerprint density at radius 2 is 2.21 bits per heavy atom. The molecular formula is C9H8BrNO3. The van der Waals surface area contributed by atoms with Crippen molar-refractivity contribution in [1.29, 1.82) is 0 Å². The minimum absolute atomic E-state index is 0.388. The minimum Gasteiger partial charge on any atom is -0.287 e. The lowest BCUT2D eigenvalue weighted by molar-refractivity contribution is -0.465. The fourth-order valence-electron chi connectivity index (χ4n) is 1.04. The highest BCUT2D eigenvalue weighted by Crippen LogP contribution is 2.09. The van der Waals surface area contributed by atoms with Gasteiger partial charge >= 0.3 is 0 Å². The number of Topliss-reactive ketones (excluding diaryl/α,β-unsaturated/α-hetero) is 1. The van der Waals surface area contributed by atoms with E-state index >= 15 is 0 Å². The summed E-state index contributed by atoms with van der Waals surface area (Å²) in [5.41, 5.74) is 1.32. The van der Waals surface area contributed by atoms with Gasteiger partial charge in [0, 0.05) is 15.8 Å². The van der Waals surface area contributed by atoms with Crippen molar-refractivity contribution in [3.05, 3.63) is 45.5 Å². The van der Waals surface area contributed by atoms with Crippen LogP contribution in [0.15, 0.2) is 24.3 Å². The number of carbonyl (C=O) groups excluding carboxylic acids is 1. The van der Waals surface area contributed by atoms with Gasteiger partial charge in [-0.2, -0.15) is 0 Å². The molecule has 5 heteroatoms. The number of hydrogen-bond donors (Lipinski definition) is 0. The fourth-order valence-corrected chi connectivity index (χ4v) is 1.39. The molecule has 0 bridgehead atoms. The number of rotatable bonds is 4. The van der Waals surface area contributed by atoms with Crippen LogP contribution in [0.5, 0.6) is 0 Å². The highest BCUT2D eigenvalue weighted by atomic mass is 79.9. The second-order valence-corrected chi connectivity index (χ2v) is 3.31. The van der Waals surface area contributed by atoms with Gasteiger partial charge in [0.05, 0.1) is 0 Å². The molecule has 0 amide bonds. The largest absolute Gasteiger partial charge is 0.287 e. The zero-order valence-corrected chi connectivity index (χ0v) is 8.86. The van der Waals surface area contributed by atoms with E-state index in [4.69, 9.17) is 0 Å². The first-order valence-electron chi connectivity index (χ1n) is 3.93. The topological polar surface area (TPSA) is 60.2 Å². The van der Waals surface area contributed by atoms with E-state index in [1.165, 1.54) is 0 Å². The van der Waals surface area contributed by atoms with E-state index in [0.717, 1.165) is 5.56 Å². The monoisotopic (exact) mass is 257 g/mol. The maximum Gasteiger partial charge on any atom is 0.265 e. The van der Waals surface area contributed by atoms with Crippen LogP contribution in [-0.4, -0.2) is 17.3 Å². The molecule has 0 radical (unpaired) electrons. The number of hydrogen-bond acceptors (Lipinski definition) is 3. The van der Waals surface area contributed by atoms with Crippen LogP contribution in [0.1, 0.15) is 15.9 Å². The van der Waals surface area contributed by atoms with Gasteiger partial charge in [-0.05, 0) is 11.6 Å². The molecule has 74 valence electrons. The highest BCUT2D eigenvalue weighted by molar-refractivity contribution is 9.08. The van der Waals surface area contributed by atoms with Crippen molar-refractivity contribution >= 4 is 21.7 Å². The van der Waals surface area contributed by atoms with Gasteiger partial charge < -0.3 is 0 Å². The molecule has 1 rings (SSSR count). The predicted molar refractivity (Wildman–Crippen MR) is 55.3 cm³/mol. The first kappa shape index (κ1) is 10.8. The average Bonchev–Trinajstić information content (AvgIpc) is 2.17. The number of benzene rings is 1. The van der Waals surface area contributed by atoms with Crippen molar-refractivity contribution in [1.82, 2.24) is 0 Å². The predicted octanol–water partition coefficient (Wildman–Crippen LogP) is 2.04. The van der Waals surface area contributed by atoms with Gasteiger partial charge in [0.25, 0.3) is 6.54 Å². The Kier molecular flexibility index (Phi) is 3.76. The molecule has 0 fully saturated rings. The van der Waals surface area contributed by atoms with Gasteiger partial charge in [0.1, 0.15) is 0 Å². The van der Waals surface area contributed by atoms with Gasteiger partial charge in [0.15, 0.2) is 0 Å². The van der Waals surface area contributed by atoms with Gasteiger partial charge in [0.2, 0.25) is 5.78 Å². The third-order valence-electron chi connectivity index (χ3n) is 1.68. The van der Waals surface area contributed by atoms with Gasteiger partial charge in [-0.3, -0.25) is 14.9 Å². The second-order valence-electron chi connectivity index (χ2n) is 2.75. The van der Waals surface area contributed by atoms with Crippen LogP contribution in [0, 0.1) is 10.1 Å². The number of nitro groups is 1. The third-order valence-corrected chi connectivity index (χ3v) is 2.32. The number of halogens is 1. The first-order valence-corrected chi connectivity index (χ1v) is 5.05. The van der Waals surface area contributed by atoms with Crippen molar-refractivity contribution in [3.63, 3.8) is 0 Å². The molecule has 0 aliphatic heterocycles. The average molecular weight is 258 g/mol. The van der Waals surface area contributed by atoms with Crippen molar-refractivity contribution in [2.24, 2.45) is 0 Å². The maximum atomic E-state index is 11.3. The van der Waals surface area contributed by atoms with E-state index in [1.54, 1.807) is 18.2 Å². The highest BCUT2D eigenvalue weighted by Gasteiger charge is 2.12. The van der Waals surface area contributed by atoms with Crippen LogP contribution in [0.4, 0.5) is 0 Å². The first-order chi connectivity index (χ1) is 6.63. The van der Waals surface area contributed by atoms with Crippen LogP contribution >= 0.6 is 15.9 Å². The van der Waals surface area contributed by atoms with Gasteiger partial charge in [-0.15, -0.1) is 0 Å². The summed E-state index contributed by atoms with van der Waals surface area (Å²) >= 11 is 3.25. The molecule has 4 nitrogen and oxygen atoms in total. The molecule has 1 aromatic rings. The SMILES string of the molecule is O=C(C[N+](=O)[O-])c1cccc(CBr)c1. The summed E-state index contributed by atoms with van der Waals surface area (Å²) in [6, 6.07) is 6.79. The maximum absolute atomic E-state index is 11.3. The molecule has 0 heterocycles. The Bertz CT molecular complexity index is 365. The van der Waals surface area contributed by atoms with E-state index in [-0.39, 0.29) is 0 Å². The quantitative estimate of drug-likeness (QED) is 0.359. The summed E-state index contributed by atoms with van der Waals surface area (Å²) in [7, 11) is 0. The Labute approximate surface area is 89.2 Å². The van der Waals surface area contributed by atoms with E-state index in [1.807, 2.05) is 6.07 Å². The molecule has 0 saturated carbocycles. The summed E-state index contributed by atoms with van der Waals surface area (Å²) in [5, 5.41) is 10.7. The smallest absolute Gasteiger partial charge is 0.265 e. The fraction of sp³-hybridized carbons (Fsp3) is 0.222. The van der Waals surface area contributed by atoms with Crippen LogP contribution in [0.3, 0.4) is 0 Å². The Hall–Kier alpha value is -1.23. The van der Waals surface area contributed by atoms with Crippen molar-refractivity contribution in [3.8, 4) is 0 Å². The molecule has 1 aromatic carbocycles. The lowest BCUT2D eigenvalue weighted by Gasteiger charge is -1.99. The third kappa shape index (κ3) is 2.92. The second kappa shape index (κ2) is 4.85. The lowest BCUT2D eigenvalue weighted by Crippen LogP contribution is -2.13. The number of carbonyl (C=O) groups is 1. The van der Waals surface area contributed by atoms with E-state index < -0.39 is 17.3 Å². The molecule has 0 aliphatic rings. The molecule has 14 heavy (non-hydrogen) atoms. The van der Waals surface area contributed by atoms with Crippen LogP contribution in [0.25, 0.3) is 0 Å². The molecule has 0 aliphatic carbocycles. The molecule has 0 spiro atoms. The summed E-state index contributed by atoms with van der Waals surface area (Å²) in [4.78, 5) is 20.8. The summed E-state index contributed by atoms with van der Waals surface area (Å²) in [5.74, 6) is -0.460. The molecule has 0 unspecified atom stereocenters. The zero-order chi connectivity index (χ0) is 10.6. The van der Waals surface area contributed by atoms with Gasteiger partial charge in [-0.25, -0.2) is 0 Å². The van der Waals surface area contributed by atoms with Crippen LogP contribution < -0.4 is 0 Å². The van der Waals surface area contributed by atoms with E-state index in [9.17, 15) is 14.9 Å². The molecule has 0 saturated heterocycles. The number of nitrogens with zero attached hydrogens (tertiary/aromatic N) is 1. The molecule has 0 atom stereocenters. The molecule has 0 N–H and O–H groups in total. The Morgan fingerprint density at radius 1 is 1.50 bits per heavy atom.